The predicted molar refractivity (Wildman–Crippen MR) is 92.6 cm³/mol. The van der Waals surface area contributed by atoms with Gasteiger partial charge in [0.15, 0.2) is 0 Å². The average Bonchev–Trinajstić information content (AvgIpc) is 3.15. The van der Waals surface area contributed by atoms with Crippen molar-refractivity contribution in [1.29, 1.82) is 5.26 Å². The molecule has 2 fully saturated rings. The van der Waals surface area contributed by atoms with E-state index in [1.807, 2.05) is 23.9 Å². The second kappa shape index (κ2) is 7.98. The van der Waals surface area contributed by atoms with E-state index >= 15 is 0 Å². The van der Waals surface area contributed by atoms with Crippen LogP contribution in [0.2, 0.25) is 0 Å². The van der Waals surface area contributed by atoms with Gasteiger partial charge in [0.05, 0.1) is 31.4 Å². The Morgan fingerprint density at radius 1 is 1.48 bits per heavy atom. The normalized spacial score (nSPS) is 25.0. The average molecular weight is 345 g/mol. The third kappa shape index (κ3) is 4.39. The minimum atomic E-state index is -0.676. The Hall–Kier alpha value is -1.91. The Morgan fingerprint density at radius 3 is 2.96 bits per heavy atom. The van der Waals surface area contributed by atoms with Gasteiger partial charge in [0.2, 0.25) is 5.91 Å². The van der Waals surface area contributed by atoms with Crippen molar-refractivity contribution in [3.8, 4) is 6.07 Å². The zero-order valence-electron chi connectivity index (χ0n) is 14.9. The maximum absolute atomic E-state index is 12.7. The fourth-order valence-electron chi connectivity index (χ4n) is 3.75. The number of amides is 1. The highest BCUT2D eigenvalue weighted by molar-refractivity contribution is 5.82. The number of ether oxygens (including phenoxy) is 1. The van der Waals surface area contributed by atoms with Gasteiger partial charge in [-0.3, -0.25) is 14.4 Å². The highest BCUT2D eigenvalue weighted by atomic mass is 16.5. The topological polar surface area (TPSA) is 83.2 Å². The van der Waals surface area contributed by atoms with Crippen LogP contribution in [0.1, 0.15) is 39.0 Å². The van der Waals surface area contributed by atoms with E-state index in [1.54, 1.807) is 6.20 Å². The molecule has 1 aromatic rings. The number of hydrogen-bond acceptors (Lipinski definition) is 5. The maximum atomic E-state index is 12.7. The highest BCUT2D eigenvalue weighted by Gasteiger charge is 2.36. The molecule has 1 aliphatic heterocycles. The van der Waals surface area contributed by atoms with E-state index in [4.69, 9.17) is 4.74 Å². The molecule has 1 saturated carbocycles. The van der Waals surface area contributed by atoms with Crippen LogP contribution < -0.4 is 5.32 Å². The van der Waals surface area contributed by atoms with Crippen LogP contribution in [-0.2, 0) is 16.1 Å². The Labute approximate surface area is 148 Å². The first kappa shape index (κ1) is 17.9. The van der Waals surface area contributed by atoms with Crippen molar-refractivity contribution in [1.82, 2.24) is 20.0 Å². The summed E-state index contributed by atoms with van der Waals surface area (Å²) >= 11 is 0. The number of carbonyl (C=O) groups is 1. The molecule has 7 nitrogen and oxygen atoms in total. The van der Waals surface area contributed by atoms with E-state index in [0.29, 0.717) is 19.7 Å². The molecule has 7 heteroatoms. The van der Waals surface area contributed by atoms with E-state index < -0.39 is 5.54 Å². The molecular weight excluding hydrogens is 318 g/mol. The van der Waals surface area contributed by atoms with Crippen LogP contribution in [-0.4, -0.2) is 58.0 Å². The third-order valence-electron chi connectivity index (χ3n) is 5.33. The van der Waals surface area contributed by atoms with E-state index in [1.165, 1.54) is 0 Å². The van der Waals surface area contributed by atoms with Gasteiger partial charge in [0.25, 0.3) is 0 Å². The van der Waals surface area contributed by atoms with Crippen molar-refractivity contribution < 1.29 is 9.53 Å². The number of nitrogens with zero attached hydrogens (tertiary/aromatic N) is 4. The lowest BCUT2D eigenvalue weighted by Crippen LogP contribution is -2.57. The van der Waals surface area contributed by atoms with Crippen LogP contribution in [0.3, 0.4) is 0 Å². The summed E-state index contributed by atoms with van der Waals surface area (Å²) in [5.41, 5.74) is -0.676. The summed E-state index contributed by atoms with van der Waals surface area (Å²) in [6, 6.07) is 3.98. The summed E-state index contributed by atoms with van der Waals surface area (Å²) in [6.07, 6.45) is 8.36. The molecule has 3 rings (SSSR count). The number of carbonyl (C=O) groups excluding carboxylic acids is 1. The smallest absolute Gasteiger partial charge is 0.238 e. The fourth-order valence-corrected chi connectivity index (χ4v) is 3.75. The number of aromatic nitrogens is 2. The minimum Gasteiger partial charge on any atom is -0.374 e. The van der Waals surface area contributed by atoms with Crippen molar-refractivity contribution in [3.05, 3.63) is 18.5 Å². The monoisotopic (exact) mass is 345 g/mol. The molecule has 1 aromatic heterocycles. The Kier molecular flexibility index (Phi) is 5.71. The van der Waals surface area contributed by atoms with Crippen LogP contribution in [0.5, 0.6) is 0 Å². The molecule has 0 unspecified atom stereocenters. The van der Waals surface area contributed by atoms with Gasteiger partial charge in [-0.1, -0.05) is 19.3 Å². The largest absolute Gasteiger partial charge is 0.374 e. The van der Waals surface area contributed by atoms with Crippen molar-refractivity contribution >= 4 is 5.91 Å². The van der Waals surface area contributed by atoms with Crippen molar-refractivity contribution in [2.24, 2.45) is 0 Å². The van der Waals surface area contributed by atoms with Gasteiger partial charge in [0.1, 0.15) is 5.54 Å². The molecule has 2 heterocycles. The van der Waals surface area contributed by atoms with Gasteiger partial charge >= 0.3 is 0 Å². The summed E-state index contributed by atoms with van der Waals surface area (Å²) < 4.78 is 7.67. The van der Waals surface area contributed by atoms with Gasteiger partial charge < -0.3 is 10.1 Å². The van der Waals surface area contributed by atoms with E-state index in [-0.39, 0.29) is 18.1 Å². The summed E-state index contributed by atoms with van der Waals surface area (Å²) in [5, 5.41) is 16.8. The maximum Gasteiger partial charge on any atom is 0.238 e. The molecule has 0 spiro atoms. The van der Waals surface area contributed by atoms with E-state index in [9.17, 15) is 10.1 Å². The zero-order chi connectivity index (χ0) is 17.7. The Bertz CT molecular complexity index is 603. The van der Waals surface area contributed by atoms with Crippen LogP contribution in [0.15, 0.2) is 18.5 Å². The highest BCUT2D eigenvalue weighted by Crippen LogP contribution is 2.27. The fraction of sp³-hybridized carbons (Fsp3) is 0.722. The van der Waals surface area contributed by atoms with Crippen LogP contribution in [0.4, 0.5) is 0 Å². The number of rotatable bonds is 5. The van der Waals surface area contributed by atoms with Crippen molar-refractivity contribution in [3.63, 3.8) is 0 Å². The number of nitrogens with one attached hydrogen (secondary N) is 1. The summed E-state index contributed by atoms with van der Waals surface area (Å²) in [6.45, 7) is 4.62. The lowest BCUT2D eigenvalue weighted by molar-refractivity contribution is -0.131. The van der Waals surface area contributed by atoms with Crippen molar-refractivity contribution in [2.45, 2.75) is 63.3 Å². The standard InChI is InChI=1S/C18H27N5O2/c1-15(17(24)21-18(14-19)6-3-2-4-7-18)22-10-11-25-16(12-22)13-23-9-5-8-20-23/h5,8-9,15-16H,2-4,6-7,10-13H2,1H3,(H,21,24)/t15-,16+/m1/s1. The second-order valence-electron chi connectivity index (χ2n) is 7.14. The SMILES string of the molecule is C[C@H](C(=O)NC1(C#N)CCCCC1)N1CCO[C@H](Cn2cccn2)C1. The molecule has 1 N–H and O–H groups in total. The Balaban J connectivity index is 1.56. The predicted octanol–water partition coefficient (Wildman–Crippen LogP) is 1.32. The summed E-state index contributed by atoms with van der Waals surface area (Å²) in [7, 11) is 0. The molecule has 0 radical (unpaired) electrons. The zero-order valence-corrected chi connectivity index (χ0v) is 14.9. The molecule has 1 amide bonds. The van der Waals surface area contributed by atoms with E-state index in [0.717, 1.165) is 38.6 Å². The molecule has 1 saturated heterocycles. The second-order valence-corrected chi connectivity index (χ2v) is 7.14. The number of nitriles is 1. The van der Waals surface area contributed by atoms with Gasteiger partial charge in [-0.2, -0.15) is 10.4 Å². The summed E-state index contributed by atoms with van der Waals surface area (Å²) in [5.74, 6) is -0.0526. The van der Waals surface area contributed by atoms with Gasteiger partial charge in [0, 0.05) is 25.5 Å². The lowest BCUT2D eigenvalue weighted by atomic mass is 9.82. The van der Waals surface area contributed by atoms with Crippen molar-refractivity contribution in [2.75, 3.05) is 19.7 Å². The molecule has 0 aromatic carbocycles. The van der Waals surface area contributed by atoms with Crippen LogP contribution >= 0.6 is 0 Å². The first-order chi connectivity index (χ1) is 12.1. The first-order valence-electron chi connectivity index (χ1n) is 9.18. The van der Waals surface area contributed by atoms with Crippen LogP contribution in [0.25, 0.3) is 0 Å². The minimum absolute atomic E-state index is 0.0171. The third-order valence-corrected chi connectivity index (χ3v) is 5.33. The molecule has 0 bridgehead atoms. The van der Waals surface area contributed by atoms with Gasteiger partial charge in [-0.15, -0.1) is 0 Å². The first-order valence-corrected chi connectivity index (χ1v) is 9.18. The molecule has 25 heavy (non-hydrogen) atoms. The number of hydrogen-bond donors (Lipinski definition) is 1. The number of morpholine rings is 1. The molecule has 136 valence electrons. The van der Waals surface area contributed by atoms with E-state index in [2.05, 4.69) is 21.4 Å². The molecule has 2 aliphatic rings. The summed E-state index contributed by atoms with van der Waals surface area (Å²) in [4.78, 5) is 14.9. The quantitative estimate of drug-likeness (QED) is 0.870. The van der Waals surface area contributed by atoms with Crippen LogP contribution in [0, 0.1) is 11.3 Å². The molecule has 2 atom stereocenters. The van der Waals surface area contributed by atoms with Gasteiger partial charge in [-0.25, -0.2) is 0 Å². The molecular formula is C18H27N5O2. The van der Waals surface area contributed by atoms with Gasteiger partial charge in [-0.05, 0) is 25.8 Å². The molecule has 1 aliphatic carbocycles. The lowest BCUT2D eigenvalue weighted by Gasteiger charge is -2.38. The Morgan fingerprint density at radius 2 is 2.28 bits per heavy atom.